The summed E-state index contributed by atoms with van der Waals surface area (Å²) in [6.45, 7) is 32.9. The van der Waals surface area contributed by atoms with Crippen LogP contribution < -0.4 is 0 Å². The molecule has 336 valence electrons. The molecule has 0 aliphatic heterocycles. The zero-order valence-electron chi connectivity index (χ0n) is 39.5. The van der Waals surface area contributed by atoms with Gasteiger partial charge in [0.1, 0.15) is 0 Å². The molecule has 0 bridgehead atoms. The Morgan fingerprint density at radius 2 is 0.639 bits per heavy atom. The van der Waals surface area contributed by atoms with E-state index in [1.165, 1.54) is 58.2 Å². The number of pyridine rings is 1. The fourth-order valence-electron chi connectivity index (χ4n) is 5.60. The lowest BCUT2D eigenvalue weighted by atomic mass is 9.85. The highest BCUT2D eigenvalue weighted by Gasteiger charge is 2.31. The van der Waals surface area contributed by atoms with Crippen LogP contribution in [0.3, 0.4) is 0 Å². The number of aromatic nitrogens is 1. The largest absolute Gasteiger partial charge is 0.261 e. The molecule has 0 saturated heterocycles. The van der Waals surface area contributed by atoms with Crippen molar-refractivity contribution >= 4 is 0 Å². The minimum Gasteiger partial charge on any atom is -0.261 e. The summed E-state index contributed by atoms with van der Waals surface area (Å²) < 4.78 is 106. The van der Waals surface area contributed by atoms with Gasteiger partial charge in [-0.2, -0.15) is 0 Å². The van der Waals surface area contributed by atoms with Crippen LogP contribution >= 0.6 is 0 Å². The van der Waals surface area contributed by atoms with Gasteiger partial charge < -0.3 is 0 Å². The Labute approximate surface area is 361 Å². The van der Waals surface area contributed by atoms with E-state index in [0.29, 0.717) is 5.41 Å². The fourth-order valence-corrected chi connectivity index (χ4v) is 5.60. The first-order valence-electron chi connectivity index (χ1n) is 20.3. The van der Waals surface area contributed by atoms with Crippen LogP contribution in [0.15, 0.2) is 79.0 Å². The van der Waals surface area contributed by atoms with E-state index in [4.69, 9.17) is 0 Å². The Morgan fingerprint density at radius 3 is 0.869 bits per heavy atom. The molecule has 0 aliphatic carbocycles. The van der Waals surface area contributed by atoms with Crippen LogP contribution in [-0.2, 0) is 27.1 Å². The molecule has 1 aromatic heterocycles. The minimum atomic E-state index is -1.32. The molecule has 0 unspecified atom stereocenters. The van der Waals surface area contributed by atoms with E-state index in [1.54, 1.807) is 0 Å². The number of benzene rings is 4. The highest BCUT2D eigenvalue weighted by Crippen LogP contribution is 2.34. The van der Waals surface area contributed by atoms with Gasteiger partial charge in [0.2, 0.25) is 0 Å². The summed E-state index contributed by atoms with van der Waals surface area (Å²) in [5.74, 6) is -10.5. The van der Waals surface area contributed by atoms with Crippen molar-refractivity contribution in [1.82, 2.24) is 4.98 Å². The Morgan fingerprint density at radius 1 is 0.328 bits per heavy atom. The normalized spacial score (nSPS) is 11.8. The molecule has 0 radical (unpaired) electrons. The van der Waals surface area contributed by atoms with Gasteiger partial charge >= 0.3 is 0 Å². The van der Waals surface area contributed by atoms with Gasteiger partial charge in [-0.05, 0) is 65.7 Å². The second kappa shape index (κ2) is 21.5. The molecule has 5 aromatic rings. The number of halogens is 8. The zero-order valence-corrected chi connectivity index (χ0v) is 39.5. The maximum Gasteiger partial charge on any atom is 0.165 e. The molecule has 5 rings (SSSR count). The third kappa shape index (κ3) is 16.0. The first-order valence-corrected chi connectivity index (χ1v) is 20.3. The first kappa shape index (κ1) is 54.5. The van der Waals surface area contributed by atoms with Crippen LogP contribution in [0.5, 0.6) is 0 Å². The molecule has 0 aliphatic rings. The summed E-state index contributed by atoms with van der Waals surface area (Å²) in [7, 11) is 0. The molecule has 0 fully saturated rings. The zero-order chi connectivity index (χ0) is 47.6. The van der Waals surface area contributed by atoms with Crippen LogP contribution in [0.2, 0.25) is 0 Å². The second-order valence-electron chi connectivity index (χ2n) is 20.2. The third-order valence-corrected chi connectivity index (χ3v) is 9.46. The van der Waals surface area contributed by atoms with E-state index in [0.717, 1.165) is 19.5 Å². The molecule has 1 heterocycles. The van der Waals surface area contributed by atoms with Crippen molar-refractivity contribution in [2.45, 2.75) is 152 Å². The molecule has 9 heteroatoms. The predicted molar refractivity (Wildman–Crippen MR) is 237 cm³/mol. The Balaban J connectivity index is 0.000000386. The predicted octanol–water partition coefficient (Wildman–Crippen LogP) is 16.4. The highest BCUT2D eigenvalue weighted by molar-refractivity contribution is 5.34. The summed E-state index contributed by atoms with van der Waals surface area (Å²) in [4.78, 5) is 4.25. The standard InChI is InChI=1S/2C11H12F4.C11H16.C10H14.C9H13N/c2*1-5-7(12)9(14)6(11(2,3)4)10(15)8(5)13;1-9-5-7-10(8-6-9)11(2,3)4;1-10(2,3)9-7-5-4-6-8-9;1-9(2,3)8-6-4-5-7-10-8/h2*1-4H3;5-8H,1-4H3;4-8H,1-3H3;4-7H,1-3H3. The quantitative estimate of drug-likeness (QED) is 0.112. The third-order valence-electron chi connectivity index (χ3n) is 9.46. The Bertz CT molecular complexity index is 1960. The van der Waals surface area contributed by atoms with E-state index >= 15 is 0 Å². The Hall–Kier alpha value is -4.53. The van der Waals surface area contributed by atoms with Crippen molar-refractivity contribution in [3.05, 3.63) is 170 Å². The molecular weight excluding hydrogens is 791 g/mol. The Kier molecular flexibility index (Phi) is 19.2. The number of nitrogens with zero attached hydrogens (tertiary/aromatic N) is 1. The van der Waals surface area contributed by atoms with Crippen LogP contribution in [0.25, 0.3) is 0 Å². The van der Waals surface area contributed by atoms with Gasteiger partial charge in [-0.3, -0.25) is 4.98 Å². The van der Waals surface area contributed by atoms with Gasteiger partial charge in [0.05, 0.1) is 0 Å². The lowest BCUT2D eigenvalue weighted by Gasteiger charge is -2.21. The number of aryl methyl sites for hydroxylation is 1. The maximum absolute atomic E-state index is 13.4. The molecule has 0 atom stereocenters. The molecule has 0 spiro atoms. The lowest BCUT2D eigenvalue weighted by molar-refractivity contribution is 0.398. The molecular formula is C52H67F8N. The van der Waals surface area contributed by atoms with Gasteiger partial charge in [0.15, 0.2) is 46.5 Å². The van der Waals surface area contributed by atoms with Crippen LogP contribution in [0.1, 0.15) is 148 Å². The maximum atomic E-state index is 13.4. The van der Waals surface area contributed by atoms with Gasteiger partial charge in [-0.15, -0.1) is 0 Å². The van der Waals surface area contributed by atoms with E-state index in [2.05, 4.69) is 135 Å². The number of hydrogen-bond donors (Lipinski definition) is 0. The van der Waals surface area contributed by atoms with Crippen molar-refractivity contribution in [2.24, 2.45) is 0 Å². The monoisotopic (exact) mass is 858 g/mol. The molecule has 0 amide bonds. The number of hydrogen-bond acceptors (Lipinski definition) is 1. The molecule has 4 aromatic carbocycles. The summed E-state index contributed by atoms with van der Waals surface area (Å²) in [6.07, 6.45) is 1.83. The molecule has 1 nitrogen and oxygen atoms in total. The fraction of sp³-hybridized carbons (Fsp3) is 0.442. The summed E-state index contributed by atoms with van der Waals surface area (Å²) >= 11 is 0. The van der Waals surface area contributed by atoms with Crippen molar-refractivity contribution in [2.75, 3.05) is 0 Å². The number of rotatable bonds is 0. The van der Waals surface area contributed by atoms with Crippen molar-refractivity contribution in [3.8, 4) is 0 Å². The molecule has 0 N–H and O–H groups in total. The highest BCUT2D eigenvalue weighted by atomic mass is 19.2. The van der Waals surface area contributed by atoms with Crippen molar-refractivity contribution in [1.29, 1.82) is 0 Å². The average molecular weight is 858 g/mol. The smallest absolute Gasteiger partial charge is 0.165 e. The van der Waals surface area contributed by atoms with Gasteiger partial charge in [-0.25, -0.2) is 35.1 Å². The van der Waals surface area contributed by atoms with Crippen LogP contribution in [0, 0.1) is 67.3 Å². The summed E-state index contributed by atoms with van der Waals surface area (Å²) in [6, 6.07) is 25.3. The van der Waals surface area contributed by atoms with E-state index in [-0.39, 0.29) is 10.8 Å². The topological polar surface area (TPSA) is 12.9 Å². The summed E-state index contributed by atoms with van der Waals surface area (Å²) in [5, 5.41) is 0. The van der Waals surface area contributed by atoms with Crippen molar-refractivity contribution in [3.63, 3.8) is 0 Å². The van der Waals surface area contributed by atoms with E-state index in [9.17, 15) is 35.1 Å². The first-order chi connectivity index (χ1) is 27.6. The summed E-state index contributed by atoms with van der Waals surface area (Å²) in [5.41, 5.74) is 1.72. The van der Waals surface area contributed by atoms with Gasteiger partial charge in [0, 0.05) is 39.6 Å². The van der Waals surface area contributed by atoms with Crippen LogP contribution in [0.4, 0.5) is 35.1 Å². The SMILES string of the molecule is CC(C)(C)c1ccccc1.CC(C)(C)c1ccccn1.Cc1c(F)c(F)c(C(C)(C)C)c(F)c1F.Cc1c(F)c(F)c(C(C)(C)C)c(F)c1F.Cc1ccc(C(C)(C)C)cc1. The second-order valence-corrected chi connectivity index (χ2v) is 20.2. The molecule has 61 heavy (non-hydrogen) atoms. The van der Waals surface area contributed by atoms with Gasteiger partial charge in [-0.1, -0.05) is 170 Å². The minimum absolute atomic E-state index is 0.182. The van der Waals surface area contributed by atoms with Crippen LogP contribution in [-0.4, -0.2) is 4.98 Å². The lowest BCUT2D eigenvalue weighted by Crippen LogP contribution is -2.19. The average Bonchev–Trinajstić information content (AvgIpc) is 3.14. The van der Waals surface area contributed by atoms with E-state index < -0.39 is 79.6 Å². The van der Waals surface area contributed by atoms with Gasteiger partial charge in [0.25, 0.3) is 0 Å². The molecule has 0 saturated carbocycles. The van der Waals surface area contributed by atoms with Crippen molar-refractivity contribution < 1.29 is 35.1 Å². The van der Waals surface area contributed by atoms with E-state index in [1.807, 2.05) is 18.3 Å².